The first-order valence-corrected chi connectivity index (χ1v) is 7.83. The molecule has 0 saturated carbocycles. The molecular formula is C12H20N4O3S. The molecule has 1 atom stereocenters. The smallest absolute Gasteiger partial charge is 0.246 e. The van der Waals surface area contributed by atoms with E-state index < -0.39 is 15.6 Å². The van der Waals surface area contributed by atoms with Gasteiger partial charge in [-0.1, -0.05) is 0 Å². The summed E-state index contributed by atoms with van der Waals surface area (Å²) in [6, 6.07) is 1.53. The van der Waals surface area contributed by atoms with Crippen molar-refractivity contribution in [1.82, 2.24) is 9.29 Å². The lowest BCUT2D eigenvalue weighted by Crippen LogP contribution is -2.49. The number of nitrogens with two attached hydrogens (primary N) is 1. The van der Waals surface area contributed by atoms with Crippen LogP contribution in [-0.2, 0) is 14.8 Å². The first kappa shape index (κ1) is 15.2. The van der Waals surface area contributed by atoms with Gasteiger partial charge in [0, 0.05) is 32.6 Å². The van der Waals surface area contributed by atoms with E-state index in [0.29, 0.717) is 18.8 Å². The lowest BCUT2D eigenvalue weighted by atomic mass is 9.96. The summed E-state index contributed by atoms with van der Waals surface area (Å²) in [5.41, 5.74) is 2.28. The zero-order chi connectivity index (χ0) is 14.8. The van der Waals surface area contributed by atoms with Crippen LogP contribution in [0.4, 0.5) is 5.69 Å². The molecule has 7 nitrogen and oxygen atoms in total. The molecule has 0 radical (unpaired) electrons. The highest BCUT2D eigenvalue weighted by Crippen LogP contribution is 2.30. The second kappa shape index (κ2) is 5.65. The molecule has 1 aliphatic rings. The maximum absolute atomic E-state index is 12.7. The number of pyridine rings is 1. The highest BCUT2D eigenvalue weighted by atomic mass is 32.2. The second-order valence-corrected chi connectivity index (χ2v) is 7.02. The van der Waals surface area contributed by atoms with Gasteiger partial charge in [-0.3, -0.25) is 10.8 Å². The summed E-state index contributed by atoms with van der Waals surface area (Å²) in [5, 5.41) is 0. The third-order valence-corrected chi connectivity index (χ3v) is 5.55. The van der Waals surface area contributed by atoms with Gasteiger partial charge in [-0.2, -0.15) is 4.31 Å². The summed E-state index contributed by atoms with van der Waals surface area (Å²) >= 11 is 0. The summed E-state index contributed by atoms with van der Waals surface area (Å²) in [4.78, 5) is 3.96. The van der Waals surface area contributed by atoms with Gasteiger partial charge in [0.05, 0.1) is 11.3 Å². The van der Waals surface area contributed by atoms with Crippen molar-refractivity contribution in [2.45, 2.75) is 30.3 Å². The Kier molecular flexibility index (Phi) is 4.28. The minimum atomic E-state index is -3.64. The van der Waals surface area contributed by atoms with E-state index in [9.17, 15) is 8.42 Å². The van der Waals surface area contributed by atoms with E-state index in [-0.39, 0.29) is 4.90 Å². The Morgan fingerprint density at radius 3 is 2.95 bits per heavy atom. The summed E-state index contributed by atoms with van der Waals surface area (Å²) in [5.74, 6) is 5.37. The van der Waals surface area contributed by atoms with Crippen LogP contribution >= 0.6 is 0 Å². The second-order valence-electron chi connectivity index (χ2n) is 5.11. The predicted octanol–water partition coefficient (Wildman–Crippen LogP) is 0.557. The van der Waals surface area contributed by atoms with Gasteiger partial charge in [0.2, 0.25) is 10.0 Å². The van der Waals surface area contributed by atoms with Crippen molar-refractivity contribution in [3.8, 4) is 0 Å². The average Bonchev–Trinajstić information content (AvgIpc) is 2.47. The lowest BCUT2D eigenvalue weighted by Gasteiger charge is -2.38. The average molecular weight is 300 g/mol. The molecule has 2 rings (SSSR count). The van der Waals surface area contributed by atoms with Crippen LogP contribution in [0.1, 0.15) is 19.8 Å². The van der Waals surface area contributed by atoms with E-state index >= 15 is 0 Å². The number of nitrogens with zero attached hydrogens (tertiary/aromatic N) is 2. The predicted molar refractivity (Wildman–Crippen MR) is 75.5 cm³/mol. The highest BCUT2D eigenvalue weighted by molar-refractivity contribution is 7.89. The van der Waals surface area contributed by atoms with Gasteiger partial charge in [0.25, 0.3) is 0 Å². The standard InChI is InChI=1S/C12H20N4O3S/c1-12(19-2)5-3-7-16(9-12)20(17,18)11-8-14-6-4-10(11)15-13/h4,6,8H,3,5,7,9,13H2,1-2H3,(H,14,15). The quantitative estimate of drug-likeness (QED) is 0.623. The van der Waals surface area contributed by atoms with Crippen LogP contribution in [0.25, 0.3) is 0 Å². The topological polar surface area (TPSA) is 97.5 Å². The van der Waals surface area contributed by atoms with E-state index in [4.69, 9.17) is 10.6 Å². The van der Waals surface area contributed by atoms with E-state index in [1.807, 2.05) is 6.92 Å². The van der Waals surface area contributed by atoms with Crippen LogP contribution < -0.4 is 11.3 Å². The van der Waals surface area contributed by atoms with E-state index in [1.54, 1.807) is 7.11 Å². The molecule has 1 aromatic rings. The number of methoxy groups -OCH3 is 1. The van der Waals surface area contributed by atoms with Crippen molar-refractivity contribution in [2.24, 2.45) is 5.84 Å². The van der Waals surface area contributed by atoms with Crippen LogP contribution in [0.2, 0.25) is 0 Å². The number of piperidine rings is 1. The number of sulfonamides is 1. The van der Waals surface area contributed by atoms with Gasteiger partial charge in [-0.05, 0) is 25.8 Å². The van der Waals surface area contributed by atoms with Crippen LogP contribution in [-0.4, -0.2) is 43.5 Å². The Morgan fingerprint density at radius 1 is 1.55 bits per heavy atom. The van der Waals surface area contributed by atoms with Crippen LogP contribution in [0.5, 0.6) is 0 Å². The van der Waals surface area contributed by atoms with Crippen molar-refractivity contribution < 1.29 is 13.2 Å². The largest absolute Gasteiger partial charge is 0.377 e. The summed E-state index contributed by atoms with van der Waals surface area (Å²) in [7, 11) is -2.03. The molecule has 0 aliphatic carbocycles. The number of hydrogen-bond acceptors (Lipinski definition) is 6. The van der Waals surface area contributed by atoms with Crippen LogP contribution in [0.15, 0.2) is 23.4 Å². The summed E-state index contributed by atoms with van der Waals surface area (Å²) < 4.78 is 32.3. The maximum atomic E-state index is 12.7. The monoisotopic (exact) mass is 300 g/mol. The van der Waals surface area contributed by atoms with Crippen LogP contribution in [0, 0.1) is 0 Å². The van der Waals surface area contributed by atoms with E-state index in [2.05, 4.69) is 10.4 Å². The molecule has 112 valence electrons. The number of ether oxygens (including phenoxy) is 1. The van der Waals surface area contributed by atoms with Crippen molar-refractivity contribution in [3.05, 3.63) is 18.5 Å². The molecule has 0 aromatic carbocycles. The van der Waals surface area contributed by atoms with Crippen molar-refractivity contribution in [2.75, 3.05) is 25.6 Å². The van der Waals surface area contributed by atoms with Gasteiger partial charge in [0.1, 0.15) is 4.90 Å². The molecule has 1 saturated heterocycles. The Labute approximate surface area is 119 Å². The summed E-state index contributed by atoms with van der Waals surface area (Å²) in [6.07, 6.45) is 4.40. The third kappa shape index (κ3) is 2.78. The number of aromatic nitrogens is 1. The van der Waals surface area contributed by atoms with Gasteiger partial charge in [0.15, 0.2) is 0 Å². The zero-order valence-electron chi connectivity index (χ0n) is 11.7. The minimum absolute atomic E-state index is 0.0860. The molecule has 8 heteroatoms. The SMILES string of the molecule is COC1(C)CCCN(S(=O)(=O)c2cnccc2NN)C1. The Balaban J connectivity index is 2.35. The van der Waals surface area contributed by atoms with Gasteiger partial charge in [-0.15, -0.1) is 0 Å². The summed E-state index contributed by atoms with van der Waals surface area (Å²) in [6.45, 7) is 2.71. The molecule has 1 aromatic heterocycles. The Morgan fingerprint density at radius 2 is 2.30 bits per heavy atom. The fraction of sp³-hybridized carbons (Fsp3) is 0.583. The van der Waals surface area contributed by atoms with E-state index in [1.165, 1.54) is 22.8 Å². The van der Waals surface area contributed by atoms with Crippen LogP contribution in [0.3, 0.4) is 0 Å². The molecule has 1 aliphatic heterocycles. The molecule has 3 N–H and O–H groups in total. The van der Waals surface area contributed by atoms with E-state index in [0.717, 1.165) is 12.8 Å². The van der Waals surface area contributed by atoms with Gasteiger partial charge in [-0.25, -0.2) is 8.42 Å². The zero-order valence-corrected chi connectivity index (χ0v) is 12.5. The maximum Gasteiger partial charge on any atom is 0.246 e. The molecular weight excluding hydrogens is 280 g/mol. The highest BCUT2D eigenvalue weighted by Gasteiger charge is 2.37. The fourth-order valence-electron chi connectivity index (χ4n) is 2.38. The third-order valence-electron chi connectivity index (χ3n) is 3.67. The lowest BCUT2D eigenvalue weighted by molar-refractivity contribution is -0.0319. The fourth-order valence-corrected chi connectivity index (χ4v) is 4.07. The number of hydrogen-bond donors (Lipinski definition) is 2. The number of nitrogens with one attached hydrogen (secondary N) is 1. The van der Waals surface area contributed by atoms with Gasteiger partial charge < -0.3 is 10.2 Å². The molecule has 0 spiro atoms. The molecule has 2 heterocycles. The molecule has 20 heavy (non-hydrogen) atoms. The van der Waals surface area contributed by atoms with Crippen molar-refractivity contribution in [3.63, 3.8) is 0 Å². The molecule has 0 bridgehead atoms. The molecule has 0 amide bonds. The minimum Gasteiger partial charge on any atom is -0.377 e. The molecule has 1 unspecified atom stereocenters. The molecule has 1 fully saturated rings. The Hall–Kier alpha value is -1.22. The van der Waals surface area contributed by atoms with Gasteiger partial charge >= 0.3 is 0 Å². The first-order chi connectivity index (χ1) is 9.43. The Bertz CT molecular complexity index is 578. The number of nitrogen functional groups attached to an aromatic ring is 1. The van der Waals surface area contributed by atoms with Crippen molar-refractivity contribution in [1.29, 1.82) is 0 Å². The number of anilines is 1. The number of rotatable bonds is 4. The first-order valence-electron chi connectivity index (χ1n) is 6.39. The number of hydrazine groups is 1. The van der Waals surface area contributed by atoms with Crippen molar-refractivity contribution >= 4 is 15.7 Å². The normalized spacial score (nSPS) is 24.6.